The highest BCUT2D eigenvalue weighted by Crippen LogP contribution is 2.27. The molecule has 0 heterocycles. The predicted octanol–water partition coefficient (Wildman–Crippen LogP) is 3.81. The van der Waals surface area contributed by atoms with E-state index in [1.807, 2.05) is 44.2 Å². The van der Waals surface area contributed by atoms with E-state index in [1.165, 1.54) is 5.56 Å². The first-order valence-electron chi connectivity index (χ1n) is 7.75. The Bertz CT molecular complexity index is 686. The van der Waals surface area contributed by atoms with Crippen molar-refractivity contribution in [1.82, 2.24) is 5.32 Å². The molecule has 2 rings (SSSR count). The smallest absolute Gasteiger partial charge is 0.233 e. The SMILES string of the molecule is COc1ccc(CNC(=O)C(C)Sc2ccc(C)cc2)cc1OC. The maximum absolute atomic E-state index is 12.3. The molecule has 0 saturated carbocycles. The molecule has 1 unspecified atom stereocenters. The molecular formula is C19H23NO3S. The van der Waals surface area contributed by atoms with Crippen LogP contribution < -0.4 is 14.8 Å². The van der Waals surface area contributed by atoms with Crippen molar-refractivity contribution in [3.05, 3.63) is 53.6 Å². The van der Waals surface area contributed by atoms with Crippen LogP contribution in [0.4, 0.5) is 0 Å². The van der Waals surface area contributed by atoms with E-state index in [1.54, 1.807) is 26.0 Å². The number of nitrogens with one attached hydrogen (secondary N) is 1. The quantitative estimate of drug-likeness (QED) is 0.775. The van der Waals surface area contributed by atoms with Crippen molar-refractivity contribution in [2.45, 2.75) is 30.5 Å². The number of thioether (sulfide) groups is 1. The number of carbonyl (C=O) groups excluding carboxylic acids is 1. The van der Waals surface area contributed by atoms with Crippen molar-refractivity contribution in [2.75, 3.05) is 14.2 Å². The molecule has 0 aliphatic carbocycles. The van der Waals surface area contributed by atoms with Gasteiger partial charge in [0.05, 0.1) is 19.5 Å². The minimum Gasteiger partial charge on any atom is -0.493 e. The van der Waals surface area contributed by atoms with Crippen molar-refractivity contribution < 1.29 is 14.3 Å². The van der Waals surface area contributed by atoms with Gasteiger partial charge in [-0.2, -0.15) is 0 Å². The summed E-state index contributed by atoms with van der Waals surface area (Å²) in [5.74, 6) is 1.34. The molecule has 0 spiro atoms. The van der Waals surface area contributed by atoms with E-state index >= 15 is 0 Å². The Morgan fingerprint density at radius 3 is 2.38 bits per heavy atom. The molecule has 1 N–H and O–H groups in total. The molecule has 128 valence electrons. The highest BCUT2D eigenvalue weighted by atomic mass is 32.2. The third-order valence-electron chi connectivity index (χ3n) is 3.62. The summed E-state index contributed by atoms with van der Waals surface area (Å²) in [4.78, 5) is 13.4. The summed E-state index contributed by atoms with van der Waals surface area (Å²) in [7, 11) is 3.20. The zero-order valence-electron chi connectivity index (χ0n) is 14.5. The molecule has 0 fully saturated rings. The second-order valence-electron chi connectivity index (χ2n) is 5.48. The van der Waals surface area contributed by atoms with E-state index in [-0.39, 0.29) is 11.2 Å². The van der Waals surface area contributed by atoms with Gasteiger partial charge in [-0.1, -0.05) is 23.8 Å². The van der Waals surface area contributed by atoms with Crippen LogP contribution in [0.1, 0.15) is 18.1 Å². The van der Waals surface area contributed by atoms with Crippen molar-refractivity contribution in [1.29, 1.82) is 0 Å². The van der Waals surface area contributed by atoms with Crippen molar-refractivity contribution in [3.8, 4) is 11.5 Å². The lowest BCUT2D eigenvalue weighted by Gasteiger charge is -2.13. The van der Waals surface area contributed by atoms with Gasteiger partial charge in [-0.25, -0.2) is 0 Å². The van der Waals surface area contributed by atoms with Gasteiger partial charge in [0.2, 0.25) is 5.91 Å². The largest absolute Gasteiger partial charge is 0.493 e. The third-order valence-corrected chi connectivity index (χ3v) is 4.73. The molecule has 0 radical (unpaired) electrons. The maximum atomic E-state index is 12.3. The second kappa shape index (κ2) is 8.64. The van der Waals surface area contributed by atoms with E-state index in [9.17, 15) is 4.79 Å². The Hall–Kier alpha value is -2.14. The van der Waals surface area contributed by atoms with Gasteiger partial charge in [0, 0.05) is 11.4 Å². The topological polar surface area (TPSA) is 47.6 Å². The van der Waals surface area contributed by atoms with E-state index < -0.39 is 0 Å². The number of amides is 1. The molecule has 4 nitrogen and oxygen atoms in total. The summed E-state index contributed by atoms with van der Waals surface area (Å²) in [5.41, 5.74) is 2.18. The Balaban J connectivity index is 1.91. The monoisotopic (exact) mass is 345 g/mol. The molecule has 0 saturated heterocycles. The lowest BCUT2D eigenvalue weighted by atomic mass is 10.2. The molecule has 2 aromatic carbocycles. The zero-order valence-corrected chi connectivity index (χ0v) is 15.3. The number of ether oxygens (including phenoxy) is 2. The normalized spacial score (nSPS) is 11.7. The fourth-order valence-corrected chi connectivity index (χ4v) is 3.09. The van der Waals surface area contributed by atoms with E-state index in [4.69, 9.17) is 9.47 Å². The molecule has 5 heteroatoms. The summed E-state index contributed by atoms with van der Waals surface area (Å²) in [6.07, 6.45) is 0. The van der Waals surface area contributed by atoms with Gasteiger partial charge in [0.25, 0.3) is 0 Å². The standard InChI is InChI=1S/C19H23NO3S/c1-13-5-8-16(9-6-13)24-14(2)19(21)20-12-15-7-10-17(22-3)18(11-15)23-4/h5-11,14H,12H2,1-4H3,(H,20,21). The highest BCUT2D eigenvalue weighted by Gasteiger charge is 2.14. The van der Waals surface area contributed by atoms with Crippen molar-refractivity contribution in [2.24, 2.45) is 0 Å². The zero-order chi connectivity index (χ0) is 17.5. The number of hydrogen-bond donors (Lipinski definition) is 1. The average Bonchev–Trinajstić information content (AvgIpc) is 2.61. The third kappa shape index (κ3) is 4.93. The lowest BCUT2D eigenvalue weighted by molar-refractivity contribution is -0.120. The van der Waals surface area contributed by atoms with Crippen LogP contribution in [0.5, 0.6) is 11.5 Å². The molecule has 24 heavy (non-hydrogen) atoms. The van der Waals surface area contributed by atoms with Crippen LogP contribution >= 0.6 is 11.8 Å². The van der Waals surface area contributed by atoms with E-state index in [2.05, 4.69) is 17.4 Å². The fraction of sp³-hybridized carbons (Fsp3) is 0.316. The van der Waals surface area contributed by atoms with Gasteiger partial charge in [-0.3, -0.25) is 4.79 Å². The number of aryl methyl sites for hydroxylation is 1. The van der Waals surface area contributed by atoms with Crippen LogP contribution in [0, 0.1) is 6.92 Å². The van der Waals surface area contributed by atoms with Crippen LogP contribution in [0.15, 0.2) is 47.4 Å². The predicted molar refractivity (Wildman–Crippen MR) is 97.9 cm³/mol. The highest BCUT2D eigenvalue weighted by molar-refractivity contribution is 8.00. The molecule has 0 aromatic heterocycles. The Morgan fingerprint density at radius 2 is 1.75 bits per heavy atom. The minimum absolute atomic E-state index is 0.00959. The van der Waals surface area contributed by atoms with Gasteiger partial charge < -0.3 is 14.8 Å². The second-order valence-corrected chi connectivity index (χ2v) is 6.89. The number of carbonyl (C=O) groups is 1. The molecular weight excluding hydrogens is 322 g/mol. The van der Waals surface area contributed by atoms with Gasteiger partial charge in [-0.15, -0.1) is 11.8 Å². The first-order valence-corrected chi connectivity index (χ1v) is 8.63. The first-order chi connectivity index (χ1) is 11.5. The summed E-state index contributed by atoms with van der Waals surface area (Å²) < 4.78 is 10.5. The molecule has 1 atom stereocenters. The van der Waals surface area contributed by atoms with E-state index in [0.717, 1.165) is 10.5 Å². The Morgan fingerprint density at radius 1 is 1.08 bits per heavy atom. The van der Waals surface area contributed by atoms with Gasteiger partial charge >= 0.3 is 0 Å². The lowest BCUT2D eigenvalue weighted by Crippen LogP contribution is -2.30. The average molecular weight is 345 g/mol. The summed E-state index contributed by atoms with van der Waals surface area (Å²) in [6, 6.07) is 13.8. The number of rotatable bonds is 7. The number of hydrogen-bond acceptors (Lipinski definition) is 4. The number of benzene rings is 2. The van der Waals surface area contributed by atoms with Gasteiger partial charge in [0.1, 0.15) is 0 Å². The Kier molecular flexibility index (Phi) is 6.55. The molecule has 1 amide bonds. The fourth-order valence-electron chi connectivity index (χ4n) is 2.20. The number of methoxy groups -OCH3 is 2. The summed E-state index contributed by atoms with van der Waals surface area (Å²) >= 11 is 1.55. The molecule has 0 bridgehead atoms. The van der Waals surface area contributed by atoms with Crippen molar-refractivity contribution in [3.63, 3.8) is 0 Å². The van der Waals surface area contributed by atoms with Crippen LogP contribution in [-0.2, 0) is 11.3 Å². The van der Waals surface area contributed by atoms with Gasteiger partial charge in [0.15, 0.2) is 11.5 Å². The van der Waals surface area contributed by atoms with Crippen LogP contribution in [0.2, 0.25) is 0 Å². The van der Waals surface area contributed by atoms with Crippen LogP contribution in [-0.4, -0.2) is 25.4 Å². The van der Waals surface area contributed by atoms with Crippen LogP contribution in [0.25, 0.3) is 0 Å². The van der Waals surface area contributed by atoms with Crippen molar-refractivity contribution >= 4 is 17.7 Å². The van der Waals surface area contributed by atoms with Gasteiger partial charge in [-0.05, 0) is 43.7 Å². The van der Waals surface area contributed by atoms with E-state index in [0.29, 0.717) is 18.0 Å². The molecule has 0 aliphatic heterocycles. The first kappa shape index (κ1) is 18.2. The Labute approximate surface area is 147 Å². The maximum Gasteiger partial charge on any atom is 0.233 e. The summed E-state index contributed by atoms with van der Waals surface area (Å²) in [6.45, 7) is 4.42. The summed E-state index contributed by atoms with van der Waals surface area (Å²) in [5, 5.41) is 2.80. The molecule has 0 aliphatic rings. The molecule has 2 aromatic rings. The van der Waals surface area contributed by atoms with Crippen LogP contribution in [0.3, 0.4) is 0 Å². The minimum atomic E-state index is -0.159.